The van der Waals surface area contributed by atoms with Crippen LogP contribution >= 0.6 is 0 Å². The van der Waals surface area contributed by atoms with Gasteiger partial charge in [0.05, 0.1) is 23.4 Å². The van der Waals surface area contributed by atoms with Crippen LogP contribution in [-0.4, -0.2) is 0 Å². The minimum absolute atomic E-state index is 0.0372. The maximum absolute atomic E-state index is 9.88. The van der Waals surface area contributed by atoms with Gasteiger partial charge in [-0.1, -0.05) is 43.3 Å². The van der Waals surface area contributed by atoms with E-state index in [1.807, 2.05) is 30.3 Å². The predicted molar refractivity (Wildman–Crippen MR) is 89.6 cm³/mol. The Labute approximate surface area is 142 Å². The molecule has 4 nitrogen and oxygen atoms in total. The zero-order valence-electron chi connectivity index (χ0n) is 13.5. The van der Waals surface area contributed by atoms with E-state index in [1.54, 1.807) is 0 Å². The fourth-order valence-corrected chi connectivity index (χ4v) is 4.10. The summed E-state index contributed by atoms with van der Waals surface area (Å²) < 4.78 is 0. The van der Waals surface area contributed by atoms with Gasteiger partial charge in [-0.05, 0) is 35.8 Å². The van der Waals surface area contributed by atoms with E-state index in [0.717, 1.165) is 24.0 Å². The van der Waals surface area contributed by atoms with Crippen LogP contribution in [0.2, 0.25) is 0 Å². The highest BCUT2D eigenvalue weighted by Gasteiger charge is 2.53. The summed E-state index contributed by atoms with van der Waals surface area (Å²) in [4.78, 5) is 0. The summed E-state index contributed by atoms with van der Waals surface area (Å²) in [5.41, 5.74) is 6.98. The third-order valence-corrected chi connectivity index (χ3v) is 5.27. The number of hydrogen-bond acceptors (Lipinski definition) is 4. The molecule has 118 valence electrons. The number of nitriles is 3. The highest BCUT2D eigenvalue weighted by molar-refractivity contribution is 5.59. The van der Waals surface area contributed by atoms with E-state index in [-0.39, 0.29) is 17.5 Å². The monoisotopic (exact) mass is 314 g/mol. The summed E-state index contributed by atoms with van der Waals surface area (Å²) in [5, 5.41) is 29.4. The number of benzene rings is 1. The number of rotatable bonds is 1. The number of nitrogens with zero attached hydrogens (tertiary/aromatic N) is 3. The van der Waals surface area contributed by atoms with Gasteiger partial charge < -0.3 is 5.73 Å². The molecule has 1 aromatic carbocycles. The van der Waals surface area contributed by atoms with Gasteiger partial charge in [0.15, 0.2) is 5.41 Å². The second kappa shape index (κ2) is 5.88. The lowest BCUT2D eigenvalue weighted by Gasteiger charge is -2.44. The van der Waals surface area contributed by atoms with Crippen molar-refractivity contribution in [2.75, 3.05) is 0 Å². The predicted octanol–water partition coefficient (Wildman–Crippen LogP) is 3.53. The van der Waals surface area contributed by atoms with Gasteiger partial charge in [0.2, 0.25) is 0 Å². The second-order valence-electron chi connectivity index (χ2n) is 6.60. The van der Waals surface area contributed by atoms with Crippen molar-refractivity contribution in [1.29, 1.82) is 15.8 Å². The van der Waals surface area contributed by atoms with Crippen LogP contribution in [-0.2, 0) is 0 Å². The third kappa shape index (κ3) is 2.10. The lowest BCUT2D eigenvalue weighted by Crippen LogP contribution is -2.43. The summed E-state index contributed by atoms with van der Waals surface area (Å²) in [5.74, 6) is -0.0325. The largest absolute Gasteiger partial charge is 0.399 e. The van der Waals surface area contributed by atoms with Gasteiger partial charge in [-0.15, -0.1) is 0 Å². The Morgan fingerprint density at radius 1 is 1.08 bits per heavy atom. The van der Waals surface area contributed by atoms with E-state index in [2.05, 4.69) is 31.2 Å². The minimum Gasteiger partial charge on any atom is -0.399 e. The molecule has 1 aromatic rings. The average Bonchev–Trinajstić information content (AvgIpc) is 2.62. The van der Waals surface area contributed by atoms with Gasteiger partial charge in [-0.25, -0.2) is 0 Å². The van der Waals surface area contributed by atoms with Gasteiger partial charge in [0.25, 0.3) is 0 Å². The van der Waals surface area contributed by atoms with Crippen LogP contribution in [0.4, 0.5) is 0 Å². The summed E-state index contributed by atoms with van der Waals surface area (Å²) >= 11 is 0. The van der Waals surface area contributed by atoms with Crippen molar-refractivity contribution in [3.05, 3.63) is 58.8 Å². The number of hydrogen-bond donors (Lipinski definition) is 1. The molecule has 0 saturated carbocycles. The lowest BCUT2D eigenvalue weighted by atomic mass is 9.56. The Hall–Kier alpha value is -3.03. The molecular weight excluding hydrogens is 296 g/mol. The molecule has 3 atom stereocenters. The maximum atomic E-state index is 9.88. The third-order valence-electron chi connectivity index (χ3n) is 5.27. The van der Waals surface area contributed by atoms with Crippen molar-refractivity contribution < 1.29 is 0 Å². The van der Waals surface area contributed by atoms with E-state index in [1.165, 1.54) is 0 Å². The van der Waals surface area contributed by atoms with Crippen LogP contribution in [0.3, 0.4) is 0 Å². The molecule has 0 unspecified atom stereocenters. The minimum atomic E-state index is -1.50. The van der Waals surface area contributed by atoms with Gasteiger partial charge in [0, 0.05) is 5.92 Å². The highest BCUT2D eigenvalue weighted by atomic mass is 14.7. The molecule has 0 aliphatic heterocycles. The topological polar surface area (TPSA) is 97.4 Å². The standard InChI is InChI=1S/C20H18N4/c1-13-7-8-15-16(9-13)17(10-21)19(24)20(11-22,12-23)18(15)14-5-3-2-4-6-14/h2-6,9,13,15,18H,7-8,24H2,1H3/t13-,15-,18-/m0/s1. The second-order valence-corrected chi connectivity index (χ2v) is 6.60. The smallest absolute Gasteiger partial charge is 0.191 e. The first kappa shape index (κ1) is 15.9. The molecule has 0 amide bonds. The van der Waals surface area contributed by atoms with Crippen molar-refractivity contribution >= 4 is 0 Å². The fourth-order valence-electron chi connectivity index (χ4n) is 4.10. The zero-order valence-corrected chi connectivity index (χ0v) is 13.5. The van der Waals surface area contributed by atoms with Crippen LogP contribution in [0.1, 0.15) is 31.2 Å². The van der Waals surface area contributed by atoms with Crippen LogP contribution in [0.25, 0.3) is 0 Å². The summed E-state index contributed by atoms with van der Waals surface area (Å²) in [6.07, 6.45) is 3.91. The Morgan fingerprint density at radius 3 is 2.33 bits per heavy atom. The maximum Gasteiger partial charge on any atom is 0.191 e. The Morgan fingerprint density at radius 2 is 1.75 bits per heavy atom. The van der Waals surface area contributed by atoms with Gasteiger partial charge in [0.1, 0.15) is 6.07 Å². The molecule has 0 saturated heterocycles. The van der Waals surface area contributed by atoms with E-state index >= 15 is 0 Å². The molecule has 0 spiro atoms. The van der Waals surface area contributed by atoms with Crippen LogP contribution in [0.15, 0.2) is 53.3 Å². The number of fused-ring (bicyclic) bond motifs is 1. The molecule has 2 aliphatic carbocycles. The molecule has 2 N–H and O–H groups in total. The van der Waals surface area contributed by atoms with Crippen LogP contribution in [0.5, 0.6) is 0 Å². The van der Waals surface area contributed by atoms with Crippen LogP contribution in [0, 0.1) is 51.2 Å². The van der Waals surface area contributed by atoms with E-state index in [9.17, 15) is 15.8 Å². The molecule has 3 rings (SSSR count). The number of nitrogens with two attached hydrogens (primary N) is 1. The first-order chi connectivity index (χ1) is 11.6. The van der Waals surface area contributed by atoms with E-state index in [0.29, 0.717) is 11.5 Å². The van der Waals surface area contributed by atoms with Crippen LogP contribution < -0.4 is 5.73 Å². The SMILES string of the molecule is C[C@@H]1C=C2C(C#N)=C(N)C(C#N)(C#N)[C@@H](c3ccccc3)[C@H]2CC1. The lowest BCUT2D eigenvalue weighted by molar-refractivity contribution is 0.303. The molecule has 0 radical (unpaired) electrons. The fraction of sp³-hybridized carbons (Fsp3) is 0.350. The first-order valence-electron chi connectivity index (χ1n) is 8.09. The quantitative estimate of drug-likeness (QED) is 0.857. The Bertz CT molecular complexity index is 828. The molecule has 0 bridgehead atoms. The molecule has 0 aromatic heterocycles. The van der Waals surface area contributed by atoms with Crippen molar-refractivity contribution in [3.63, 3.8) is 0 Å². The van der Waals surface area contributed by atoms with Crippen molar-refractivity contribution in [1.82, 2.24) is 0 Å². The normalized spacial score (nSPS) is 27.9. The Balaban J connectivity index is 2.34. The van der Waals surface area contributed by atoms with E-state index in [4.69, 9.17) is 5.73 Å². The summed E-state index contributed by atoms with van der Waals surface area (Å²) in [7, 11) is 0. The molecule has 4 heteroatoms. The first-order valence-corrected chi connectivity index (χ1v) is 8.09. The van der Waals surface area contributed by atoms with Gasteiger partial charge in [-0.2, -0.15) is 15.8 Å². The molecule has 0 heterocycles. The summed E-state index contributed by atoms with van der Waals surface area (Å²) in [6, 6.07) is 16.1. The molecule has 0 fully saturated rings. The highest BCUT2D eigenvalue weighted by Crippen LogP contribution is 2.56. The molecule has 2 aliphatic rings. The molecule has 24 heavy (non-hydrogen) atoms. The van der Waals surface area contributed by atoms with Gasteiger partial charge >= 0.3 is 0 Å². The van der Waals surface area contributed by atoms with Gasteiger partial charge in [-0.3, -0.25) is 0 Å². The summed E-state index contributed by atoms with van der Waals surface area (Å²) in [6.45, 7) is 2.11. The van der Waals surface area contributed by atoms with Crippen molar-refractivity contribution in [3.8, 4) is 18.2 Å². The van der Waals surface area contributed by atoms with Crippen molar-refractivity contribution in [2.24, 2.45) is 23.0 Å². The number of allylic oxidation sites excluding steroid dienone is 4. The Kier molecular flexibility index (Phi) is 3.88. The molecular formula is C20H18N4. The van der Waals surface area contributed by atoms with E-state index < -0.39 is 5.41 Å². The average molecular weight is 314 g/mol. The van der Waals surface area contributed by atoms with Crippen molar-refractivity contribution in [2.45, 2.75) is 25.7 Å². The zero-order chi connectivity index (χ0) is 17.3.